The molecule has 1 heterocycles. The van der Waals surface area contributed by atoms with Crippen molar-refractivity contribution in [3.8, 4) is 0 Å². The fourth-order valence-electron chi connectivity index (χ4n) is 1.79. The Morgan fingerprint density at radius 1 is 1.29 bits per heavy atom. The van der Waals surface area contributed by atoms with Crippen molar-refractivity contribution in [2.75, 3.05) is 17.6 Å². The topological polar surface area (TPSA) is 55.9 Å². The summed E-state index contributed by atoms with van der Waals surface area (Å²) < 4.78 is 1.72. The predicted octanol–water partition coefficient (Wildman–Crippen LogP) is 2.05. The second-order valence-electron chi connectivity index (χ2n) is 4.12. The maximum atomic E-state index is 5.79. The summed E-state index contributed by atoms with van der Waals surface area (Å²) >= 11 is 0. The molecule has 0 saturated heterocycles. The van der Waals surface area contributed by atoms with E-state index in [0.717, 1.165) is 25.2 Å². The van der Waals surface area contributed by atoms with Gasteiger partial charge in [-0.25, -0.2) is 0 Å². The minimum atomic E-state index is 0.701. The van der Waals surface area contributed by atoms with Gasteiger partial charge in [0.1, 0.15) is 0 Å². The lowest BCUT2D eigenvalue weighted by molar-refractivity contribution is 0.765. The fourth-order valence-corrected chi connectivity index (χ4v) is 1.79. The summed E-state index contributed by atoms with van der Waals surface area (Å²) in [6.07, 6.45) is 3.94. The Balaban J connectivity index is 1.75. The number of benzene rings is 1. The van der Waals surface area contributed by atoms with Crippen LogP contribution in [0.25, 0.3) is 0 Å². The molecule has 0 fully saturated rings. The van der Waals surface area contributed by atoms with E-state index in [1.165, 1.54) is 5.56 Å². The molecule has 0 bridgehead atoms. The molecule has 0 radical (unpaired) electrons. The van der Waals surface area contributed by atoms with E-state index in [-0.39, 0.29) is 0 Å². The summed E-state index contributed by atoms with van der Waals surface area (Å²) in [6.45, 7) is 0.885. The van der Waals surface area contributed by atoms with E-state index in [2.05, 4.69) is 34.7 Å². The van der Waals surface area contributed by atoms with Crippen LogP contribution in [-0.4, -0.2) is 16.3 Å². The molecule has 1 aromatic heterocycles. The molecule has 0 aliphatic rings. The van der Waals surface area contributed by atoms with Crippen LogP contribution < -0.4 is 11.1 Å². The first-order chi connectivity index (χ1) is 8.25. The maximum Gasteiger partial charge on any atom is 0.171 e. The van der Waals surface area contributed by atoms with Gasteiger partial charge in [0, 0.05) is 19.8 Å². The predicted molar refractivity (Wildman–Crippen MR) is 70.9 cm³/mol. The largest absolute Gasteiger partial charge is 0.394 e. The van der Waals surface area contributed by atoms with Gasteiger partial charge in [0.15, 0.2) is 5.82 Å². The molecule has 0 aliphatic heterocycles. The summed E-state index contributed by atoms with van der Waals surface area (Å²) in [5.74, 6) is 0.778. The highest BCUT2D eigenvalue weighted by Gasteiger charge is 2.02. The summed E-state index contributed by atoms with van der Waals surface area (Å²) in [7, 11) is 1.87. The Morgan fingerprint density at radius 3 is 2.71 bits per heavy atom. The molecule has 4 nitrogen and oxygen atoms in total. The van der Waals surface area contributed by atoms with Gasteiger partial charge in [-0.1, -0.05) is 30.3 Å². The standard InChI is InChI=1S/C13H18N4/c1-17-10-12(14)13(16-17)15-9-5-8-11-6-3-2-4-7-11/h2-4,6-7,10H,5,8-9,14H2,1H3,(H,15,16). The molecule has 0 unspecified atom stereocenters. The molecule has 0 atom stereocenters. The van der Waals surface area contributed by atoms with Crippen LogP contribution in [0.4, 0.5) is 11.5 Å². The third kappa shape index (κ3) is 3.24. The number of hydrogen-bond acceptors (Lipinski definition) is 3. The van der Waals surface area contributed by atoms with Crippen LogP contribution >= 0.6 is 0 Å². The summed E-state index contributed by atoms with van der Waals surface area (Å²) in [4.78, 5) is 0. The monoisotopic (exact) mass is 230 g/mol. The quantitative estimate of drug-likeness (QED) is 0.773. The fraction of sp³-hybridized carbons (Fsp3) is 0.308. The van der Waals surface area contributed by atoms with Crippen LogP contribution in [-0.2, 0) is 13.5 Å². The van der Waals surface area contributed by atoms with E-state index in [9.17, 15) is 0 Å². The van der Waals surface area contributed by atoms with Crippen molar-refractivity contribution in [1.82, 2.24) is 9.78 Å². The van der Waals surface area contributed by atoms with E-state index in [0.29, 0.717) is 5.69 Å². The normalized spacial score (nSPS) is 10.4. The minimum Gasteiger partial charge on any atom is -0.394 e. The van der Waals surface area contributed by atoms with Gasteiger partial charge in [-0.3, -0.25) is 4.68 Å². The highest BCUT2D eigenvalue weighted by Crippen LogP contribution is 2.14. The van der Waals surface area contributed by atoms with E-state index in [1.807, 2.05) is 13.1 Å². The third-order valence-corrected chi connectivity index (χ3v) is 2.63. The molecule has 0 spiro atoms. The zero-order chi connectivity index (χ0) is 12.1. The third-order valence-electron chi connectivity index (χ3n) is 2.63. The zero-order valence-corrected chi connectivity index (χ0v) is 10.1. The van der Waals surface area contributed by atoms with Crippen LogP contribution in [0.2, 0.25) is 0 Å². The lowest BCUT2D eigenvalue weighted by Crippen LogP contribution is -2.05. The molecule has 17 heavy (non-hydrogen) atoms. The Morgan fingerprint density at radius 2 is 2.06 bits per heavy atom. The van der Waals surface area contributed by atoms with Crippen molar-refractivity contribution in [2.24, 2.45) is 7.05 Å². The van der Waals surface area contributed by atoms with Crippen LogP contribution in [0.5, 0.6) is 0 Å². The molecule has 3 N–H and O–H groups in total. The Labute approximate surface area is 101 Å². The van der Waals surface area contributed by atoms with Crippen LogP contribution in [0.3, 0.4) is 0 Å². The molecule has 0 amide bonds. The van der Waals surface area contributed by atoms with Crippen LogP contribution in [0.1, 0.15) is 12.0 Å². The van der Waals surface area contributed by atoms with Gasteiger partial charge >= 0.3 is 0 Å². The molecule has 4 heteroatoms. The average Bonchev–Trinajstić information content (AvgIpc) is 2.65. The van der Waals surface area contributed by atoms with E-state index >= 15 is 0 Å². The molecule has 1 aromatic carbocycles. The highest BCUT2D eigenvalue weighted by atomic mass is 15.3. The summed E-state index contributed by atoms with van der Waals surface area (Å²) in [5, 5.41) is 7.48. The van der Waals surface area contributed by atoms with E-state index < -0.39 is 0 Å². The summed E-state index contributed by atoms with van der Waals surface area (Å²) in [6, 6.07) is 10.5. The molecular formula is C13H18N4. The number of nitrogen functional groups attached to an aromatic ring is 1. The van der Waals surface area contributed by atoms with Gasteiger partial charge < -0.3 is 11.1 Å². The number of nitrogens with one attached hydrogen (secondary N) is 1. The zero-order valence-electron chi connectivity index (χ0n) is 10.1. The number of aryl methyl sites for hydroxylation is 2. The van der Waals surface area contributed by atoms with Gasteiger partial charge in [-0.15, -0.1) is 0 Å². The SMILES string of the molecule is Cn1cc(N)c(NCCCc2ccccc2)n1. The molecule has 0 aliphatic carbocycles. The van der Waals surface area contributed by atoms with Crippen molar-refractivity contribution in [1.29, 1.82) is 0 Å². The van der Waals surface area contributed by atoms with Crippen LogP contribution in [0.15, 0.2) is 36.5 Å². The van der Waals surface area contributed by atoms with Crippen molar-refractivity contribution in [3.63, 3.8) is 0 Å². The van der Waals surface area contributed by atoms with Crippen molar-refractivity contribution >= 4 is 11.5 Å². The second kappa shape index (κ2) is 5.39. The number of aromatic nitrogens is 2. The highest BCUT2D eigenvalue weighted by molar-refractivity contribution is 5.59. The minimum absolute atomic E-state index is 0.701. The lowest BCUT2D eigenvalue weighted by atomic mass is 10.1. The van der Waals surface area contributed by atoms with Gasteiger partial charge in [-0.2, -0.15) is 5.10 Å². The van der Waals surface area contributed by atoms with E-state index in [1.54, 1.807) is 10.9 Å². The Hall–Kier alpha value is -1.97. The molecule has 2 rings (SSSR count). The first-order valence-corrected chi connectivity index (χ1v) is 5.82. The van der Waals surface area contributed by atoms with Crippen molar-refractivity contribution in [2.45, 2.75) is 12.8 Å². The molecule has 0 saturated carbocycles. The number of nitrogens with zero attached hydrogens (tertiary/aromatic N) is 2. The van der Waals surface area contributed by atoms with Crippen LogP contribution in [0, 0.1) is 0 Å². The number of anilines is 2. The number of rotatable bonds is 5. The van der Waals surface area contributed by atoms with Gasteiger partial charge in [0.2, 0.25) is 0 Å². The van der Waals surface area contributed by atoms with Gasteiger partial charge in [0.25, 0.3) is 0 Å². The van der Waals surface area contributed by atoms with Gasteiger partial charge in [-0.05, 0) is 18.4 Å². The average molecular weight is 230 g/mol. The first kappa shape index (κ1) is 11.5. The van der Waals surface area contributed by atoms with E-state index in [4.69, 9.17) is 5.73 Å². The summed E-state index contributed by atoms with van der Waals surface area (Å²) in [5.41, 5.74) is 7.85. The maximum absolute atomic E-state index is 5.79. The van der Waals surface area contributed by atoms with Crippen molar-refractivity contribution < 1.29 is 0 Å². The van der Waals surface area contributed by atoms with Gasteiger partial charge in [0.05, 0.1) is 5.69 Å². The second-order valence-corrected chi connectivity index (χ2v) is 4.12. The molecule has 2 aromatic rings. The lowest BCUT2D eigenvalue weighted by Gasteiger charge is -2.04. The first-order valence-electron chi connectivity index (χ1n) is 5.82. The molecular weight excluding hydrogens is 212 g/mol. The Bertz CT molecular complexity index is 462. The number of hydrogen-bond donors (Lipinski definition) is 2. The number of nitrogens with two attached hydrogens (primary N) is 1. The van der Waals surface area contributed by atoms with Crippen molar-refractivity contribution in [3.05, 3.63) is 42.1 Å². The molecule has 90 valence electrons. The Kier molecular flexibility index (Phi) is 3.65. The smallest absolute Gasteiger partial charge is 0.171 e.